The van der Waals surface area contributed by atoms with Crippen LogP contribution >= 0.6 is 0 Å². The van der Waals surface area contributed by atoms with Crippen molar-refractivity contribution in [3.63, 3.8) is 0 Å². The van der Waals surface area contributed by atoms with Crippen molar-refractivity contribution in [3.8, 4) is 11.5 Å². The lowest BCUT2D eigenvalue weighted by atomic mass is 10.1. The van der Waals surface area contributed by atoms with Crippen molar-refractivity contribution in [1.82, 2.24) is 0 Å². The van der Waals surface area contributed by atoms with Gasteiger partial charge in [-0.05, 0) is 49.1 Å². The van der Waals surface area contributed by atoms with Crippen molar-refractivity contribution in [3.05, 3.63) is 72.3 Å². The molecule has 3 aromatic carbocycles. The first-order chi connectivity index (χ1) is 15.0. The lowest BCUT2D eigenvalue weighted by molar-refractivity contribution is -0.148. The van der Waals surface area contributed by atoms with E-state index in [1.807, 2.05) is 49.4 Å². The van der Waals surface area contributed by atoms with Crippen LogP contribution in [0.4, 0.5) is 5.69 Å². The van der Waals surface area contributed by atoms with Crippen molar-refractivity contribution in [1.29, 1.82) is 0 Å². The summed E-state index contributed by atoms with van der Waals surface area (Å²) in [5.74, 6) is 0.179. The molecule has 0 bridgehead atoms. The highest BCUT2D eigenvalue weighted by atomic mass is 16.5. The number of anilines is 1. The molecule has 0 heterocycles. The van der Waals surface area contributed by atoms with Crippen LogP contribution in [0.25, 0.3) is 16.8 Å². The third-order valence-electron chi connectivity index (χ3n) is 4.61. The second kappa shape index (κ2) is 10.3. The predicted molar refractivity (Wildman–Crippen MR) is 121 cm³/mol. The number of methoxy groups -OCH3 is 1. The molecular formula is C25H25NO5. The fourth-order valence-corrected chi connectivity index (χ4v) is 3.06. The Morgan fingerprint density at radius 3 is 2.58 bits per heavy atom. The van der Waals surface area contributed by atoms with Crippen LogP contribution in [0, 0.1) is 0 Å². The van der Waals surface area contributed by atoms with E-state index in [2.05, 4.69) is 5.32 Å². The van der Waals surface area contributed by atoms with Crippen LogP contribution in [0.1, 0.15) is 19.4 Å². The number of carbonyl (C=O) groups is 2. The molecule has 3 rings (SSSR count). The number of amides is 1. The second-order valence-corrected chi connectivity index (χ2v) is 6.77. The van der Waals surface area contributed by atoms with E-state index in [9.17, 15) is 9.59 Å². The SMILES string of the molecule is CCOc1ccc(/C=C/C(=O)O[C@@H](C)C(=O)Nc2cccc3ccccc23)cc1OC. The summed E-state index contributed by atoms with van der Waals surface area (Å²) < 4.78 is 16.0. The Kier molecular flexibility index (Phi) is 7.27. The molecule has 0 aliphatic heterocycles. The molecule has 6 heteroatoms. The normalized spacial score (nSPS) is 11.8. The molecule has 0 spiro atoms. The van der Waals surface area contributed by atoms with E-state index in [0.717, 1.165) is 16.3 Å². The summed E-state index contributed by atoms with van der Waals surface area (Å²) in [5.41, 5.74) is 1.41. The number of hydrogen-bond donors (Lipinski definition) is 1. The Labute approximate surface area is 181 Å². The third kappa shape index (κ3) is 5.63. The fourth-order valence-electron chi connectivity index (χ4n) is 3.06. The second-order valence-electron chi connectivity index (χ2n) is 6.77. The van der Waals surface area contributed by atoms with Gasteiger partial charge < -0.3 is 19.5 Å². The van der Waals surface area contributed by atoms with E-state index in [1.54, 1.807) is 31.4 Å². The van der Waals surface area contributed by atoms with Gasteiger partial charge in [0.2, 0.25) is 0 Å². The Balaban J connectivity index is 1.61. The maximum atomic E-state index is 12.5. The van der Waals surface area contributed by atoms with Gasteiger partial charge in [-0.1, -0.05) is 42.5 Å². The Bertz CT molecular complexity index is 1100. The third-order valence-corrected chi connectivity index (χ3v) is 4.61. The smallest absolute Gasteiger partial charge is 0.331 e. The zero-order valence-corrected chi connectivity index (χ0v) is 17.8. The molecule has 0 radical (unpaired) electrons. The number of nitrogens with one attached hydrogen (secondary N) is 1. The van der Waals surface area contributed by atoms with Gasteiger partial charge in [0, 0.05) is 17.1 Å². The summed E-state index contributed by atoms with van der Waals surface area (Å²) in [6, 6.07) is 18.7. The largest absolute Gasteiger partial charge is 0.493 e. The number of fused-ring (bicyclic) bond motifs is 1. The predicted octanol–water partition coefficient (Wildman–Crippen LogP) is 4.83. The summed E-state index contributed by atoms with van der Waals surface area (Å²) in [6.07, 6.45) is 1.91. The first-order valence-electron chi connectivity index (χ1n) is 10.00. The minimum absolute atomic E-state index is 0.402. The Morgan fingerprint density at radius 1 is 1.03 bits per heavy atom. The summed E-state index contributed by atoms with van der Waals surface area (Å²) in [6.45, 7) is 3.95. The monoisotopic (exact) mass is 419 g/mol. The van der Waals surface area contributed by atoms with E-state index >= 15 is 0 Å². The molecule has 0 aliphatic rings. The minimum Gasteiger partial charge on any atom is -0.493 e. The van der Waals surface area contributed by atoms with Crippen molar-refractivity contribution < 1.29 is 23.8 Å². The lowest BCUT2D eigenvalue weighted by Crippen LogP contribution is -2.29. The van der Waals surface area contributed by atoms with Crippen LogP contribution in [0.2, 0.25) is 0 Å². The van der Waals surface area contributed by atoms with Crippen LogP contribution in [-0.2, 0) is 14.3 Å². The molecule has 0 unspecified atom stereocenters. The molecule has 3 aromatic rings. The van der Waals surface area contributed by atoms with Gasteiger partial charge in [-0.3, -0.25) is 4.79 Å². The van der Waals surface area contributed by atoms with Crippen molar-refractivity contribution >= 4 is 34.4 Å². The number of hydrogen-bond acceptors (Lipinski definition) is 5. The van der Waals surface area contributed by atoms with Crippen molar-refractivity contribution in [2.24, 2.45) is 0 Å². The molecule has 1 atom stereocenters. The lowest BCUT2D eigenvalue weighted by Gasteiger charge is -2.14. The minimum atomic E-state index is -0.953. The van der Waals surface area contributed by atoms with E-state index in [1.165, 1.54) is 13.0 Å². The van der Waals surface area contributed by atoms with Crippen LogP contribution < -0.4 is 14.8 Å². The van der Waals surface area contributed by atoms with Gasteiger partial charge in [0.25, 0.3) is 5.91 Å². The van der Waals surface area contributed by atoms with Gasteiger partial charge in [0.1, 0.15) is 0 Å². The summed E-state index contributed by atoms with van der Waals surface area (Å²) in [7, 11) is 1.55. The van der Waals surface area contributed by atoms with Gasteiger partial charge in [-0.15, -0.1) is 0 Å². The topological polar surface area (TPSA) is 73.9 Å². The number of ether oxygens (including phenoxy) is 3. The van der Waals surface area contributed by atoms with E-state index in [0.29, 0.717) is 23.8 Å². The standard InChI is InChI=1S/C25H25NO5/c1-4-30-22-14-12-18(16-23(22)29-3)13-15-24(27)31-17(2)25(28)26-21-11-7-9-19-8-5-6-10-20(19)21/h5-17H,4H2,1-3H3,(H,26,28)/b15-13+/t17-/m0/s1. The number of rotatable bonds is 8. The van der Waals surface area contributed by atoms with Gasteiger partial charge in [0.15, 0.2) is 17.6 Å². The molecule has 160 valence electrons. The molecule has 0 fully saturated rings. The average molecular weight is 419 g/mol. The highest BCUT2D eigenvalue weighted by molar-refractivity contribution is 6.04. The quantitative estimate of drug-likeness (QED) is 0.418. The van der Waals surface area contributed by atoms with Gasteiger partial charge in [-0.2, -0.15) is 0 Å². The average Bonchev–Trinajstić information content (AvgIpc) is 2.78. The first kappa shape index (κ1) is 21.9. The molecule has 0 saturated heterocycles. The zero-order valence-electron chi connectivity index (χ0n) is 17.8. The number of esters is 1. The van der Waals surface area contributed by atoms with Crippen LogP contribution in [0.5, 0.6) is 11.5 Å². The maximum absolute atomic E-state index is 12.5. The molecule has 1 amide bonds. The van der Waals surface area contributed by atoms with E-state index in [4.69, 9.17) is 14.2 Å². The van der Waals surface area contributed by atoms with Crippen molar-refractivity contribution in [2.45, 2.75) is 20.0 Å². The zero-order chi connectivity index (χ0) is 22.2. The Morgan fingerprint density at radius 2 is 1.81 bits per heavy atom. The Hall–Kier alpha value is -3.80. The molecule has 31 heavy (non-hydrogen) atoms. The first-order valence-corrected chi connectivity index (χ1v) is 10.00. The van der Waals surface area contributed by atoms with Gasteiger partial charge in [0.05, 0.1) is 13.7 Å². The summed E-state index contributed by atoms with van der Waals surface area (Å²) >= 11 is 0. The van der Waals surface area contributed by atoms with Crippen LogP contribution in [-0.4, -0.2) is 31.7 Å². The van der Waals surface area contributed by atoms with Crippen LogP contribution in [0.3, 0.4) is 0 Å². The van der Waals surface area contributed by atoms with Crippen molar-refractivity contribution in [2.75, 3.05) is 19.0 Å². The molecule has 1 N–H and O–H groups in total. The summed E-state index contributed by atoms with van der Waals surface area (Å²) in [5, 5.41) is 4.76. The molecule has 0 saturated carbocycles. The van der Waals surface area contributed by atoms with E-state index < -0.39 is 18.0 Å². The number of benzene rings is 3. The molecule has 6 nitrogen and oxygen atoms in total. The molecular weight excluding hydrogens is 394 g/mol. The highest BCUT2D eigenvalue weighted by Crippen LogP contribution is 2.28. The van der Waals surface area contributed by atoms with Gasteiger partial charge >= 0.3 is 5.97 Å². The number of carbonyl (C=O) groups excluding carboxylic acids is 2. The maximum Gasteiger partial charge on any atom is 0.331 e. The molecule has 0 aromatic heterocycles. The van der Waals surface area contributed by atoms with Gasteiger partial charge in [-0.25, -0.2) is 4.79 Å². The summed E-state index contributed by atoms with van der Waals surface area (Å²) in [4.78, 5) is 24.7. The van der Waals surface area contributed by atoms with E-state index in [-0.39, 0.29) is 0 Å². The van der Waals surface area contributed by atoms with Crippen LogP contribution in [0.15, 0.2) is 66.7 Å². The fraction of sp³-hybridized carbons (Fsp3) is 0.200. The highest BCUT2D eigenvalue weighted by Gasteiger charge is 2.17. The molecule has 0 aliphatic carbocycles.